The van der Waals surface area contributed by atoms with Crippen LogP contribution in [0.15, 0.2) is 24.3 Å². The Balaban J connectivity index is 1.89. The van der Waals surface area contributed by atoms with E-state index >= 15 is 0 Å². The lowest BCUT2D eigenvalue weighted by Crippen LogP contribution is -2.64. The largest absolute Gasteiger partial charge is 0.376 e. The van der Waals surface area contributed by atoms with Crippen LogP contribution in [-0.4, -0.2) is 42.3 Å². The third-order valence-electron chi connectivity index (χ3n) is 5.09. The maximum Gasteiger partial charge on any atom is 0.0675 e. The number of fused-ring (bicyclic) bond motifs is 1. The van der Waals surface area contributed by atoms with E-state index in [9.17, 15) is 0 Å². The Labute approximate surface area is 122 Å². The molecule has 3 atom stereocenters. The monoisotopic (exact) mass is 274 g/mol. The Hall–Kier alpha value is -0.900. The van der Waals surface area contributed by atoms with Crippen molar-refractivity contribution in [3.63, 3.8) is 0 Å². The molecule has 1 saturated heterocycles. The molecule has 0 bridgehead atoms. The molecule has 1 aromatic carbocycles. The van der Waals surface area contributed by atoms with Gasteiger partial charge in [0.05, 0.1) is 12.7 Å². The molecule has 2 aliphatic rings. The van der Waals surface area contributed by atoms with Crippen LogP contribution in [0.4, 0.5) is 0 Å². The summed E-state index contributed by atoms with van der Waals surface area (Å²) in [5.41, 5.74) is 9.36. The smallest absolute Gasteiger partial charge is 0.0675 e. The van der Waals surface area contributed by atoms with Gasteiger partial charge in [-0.1, -0.05) is 24.3 Å². The van der Waals surface area contributed by atoms with E-state index in [0.717, 1.165) is 39.0 Å². The second-order valence-corrected chi connectivity index (χ2v) is 6.52. The first-order valence-corrected chi connectivity index (χ1v) is 7.80. The molecule has 110 valence electrons. The van der Waals surface area contributed by atoms with Crippen molar-refractivity contribution in [2.24, 2.45) is 5.73 Å². The minimum absolute atomic E-state index is 0.117. The van der Waals surface area contributed by atoms with Crippen LogP contribution in [0.2, 0.25) is 0 Å². The predicted molar refractivity (Wildman–Crippen MR) is 81.8 cm³/mol. The minimum atomic E-state index is 0.117. The van der Waals surface area contributed by atoms with Gasteiger partial charge in [-0.05, 0) is 44.2 Å². The molecule has 0 aromatic heterocycles. The fourth-order valence-corrected chi connectivity index (χ4v) is 3.89. The van der Waals surface area contributed by atoms with Gasteiger partial charge in [-0.2, -0.15) is 0 Å². The Morgan fingerprint density at radius 2 is 2.05 bits per heavy atom. The molecular weight excluding hydrogens is 248 g/mol. The first-order chi connectivity index (χ1) is 9.64. The number of morpholine rings is 1. The highest BCUT2D eigenvalue weighted by Gasteiger charge is 2.42. The number of benzene rings is 1. The molecule has 1 aliphatic heterocycles. The predicted octanol–water partition coefficient (Wildman–Crippen LogP) is 1.98. The molecule has 3 heteroatoms. The van der Waals surface area contributed by atoms with Crippen LogP contribution < -0.4 is 5.73 Å². The summed E-state index contributed by atoms with van der Waals surface area (Å²) in [6.07, 6.45) is 3.70. The summed E-state index contributed by atoms with van der Waals surface area (Å²) in [5, 5.41) is 0. The van der Waals surface area contributed by atoms with E-state index < -0.39 is 0 Å². The summed E-state index contributed by atoms with van der Waals surface area (Å²) in [7, 11) is 0. The van der Waals surface area contributed by atoms with E-state index in [1.807, 2.05) is 0 Å². The van der Waals surface area contributed by atoms with Crippen LogP contribution in [-0.2, 0) is 17.6 Å². The van der Waals surface area contributed by atoms with E-state index in [2.05, 4.69) is 43.0 Å². The standard InChI is InChI=1S/C17H26N2O/c1-13-11-20-14(2)10-19(13)17(12-18)8-7-15-5-3-4-6-16(15)9-17/h3-6,13-14H,7-12,18H2,1-2H3. The van der Waals surface area contributed by atoms with Crippen molar-refractivity contribution < 1.29 is 4.74 Å². The second-order valence-electron chi connectivity index (χ2n) is 6.52. The summed E-state index contributed by atoms with van der Waals surface area (Å²) in [5.74, 6) is 0. The van der Waals surface area contributed by atoms with Gasteiger partial charge >= 0.3 is 0 Å². The Morgan fingerprint density at radius 1 is 1.30 bits per heavy atom. The van der Waals surface area contributed by atoms with Crippen molar-refractivity contribution in [3.8, 4) is 0 Å². The van der Waals surface area contributed by atoms with Crippen molar-refractivity contribution in [1.82, 2.24) is 4.90 Å². The van der Waals surface area contributed by atoms with Crippen molar-refractivity contribution in [1.29, 1.82) is 0 Å². The normalized spacial score (nSPS) is 34.8. The number of hydrogen-bond donors (Lipinski definition) is 1. The Kier molecular flexibility index (Phi) is 3.85. The highest BCUT2D eigenvalue weighted by atomic mass is 16.5. The highest BCUT2D eigenvalue weighted by molar-refractivity contribution is 5.32. The van der Waals surface area contributed by atoms with Gasteiger partial charge in [-0.15, -0.1) is 0 Å². The second kappa shape index (κ2) is 5.47. The van der Waals surface area contributed by atoms with Crippen LogP contribution in [0.25, 0.3) is 0 Å². The number of nitrogens with zero attached hydrogens (tertiary/aromatic N) is 1. The van der Waals surface area contributed by atoms with Crippen molar-refractivity contribution >= 4 is 0 Å². The average Bonchev–Trinajstić information content (AvgIpc) is 2.49. The van der Waals surface area contributed by atoms with E-state index in [0.29, 0.717) is 12.1 Å². The molecule has 0 radical (unpaired) electrons. The molecule has 20 heavy (non-hydrogen) atoms. The number of hydrogen-bond acceptors (Lipinski definition) is 3. The number of aryl methyl sites for hydroxylation is 1. The summed E-state index contributed by atoms with van der Waals surface area (Å²) in [6, 6.07) is 9.29. The molecule has 2 N–H and O–H groups in total. The fraction of sp³-hybridized carbons (Fsp3) is 0.647. The van der Waals surface area contributed by atoms with Crippen molar-refractivity contribution in [2.45, 2.75) is 50.8 Å². The molecular formula is C17H26N2O. The van der Waals surface area contributed by atoms with Crippen LogP contribution in [0.3, 0.4) is 0 Å². The zero-order valence-electron chi connectivity index (χ0n) is 12.6. The molecule has 0 spiro atoms. The summed E-state index contributed by atoms with van der Waals surface area (Å²) < 4.78 is 5.79. The van der Waals surface area contributed by atoms with Gasteiger partial charge in [-0.3, -0.25) is 4.90 Å². The molecule has 0 amide bonds. The van der Waals surface area contributed by atoms with Crippen LogP contribution in [0.5, 0.6) is 0 Å². The third-order valence-corrected chi connectivity index (χ3v) is 5.09. The third kappa shape index (κ3) is 2.39. The van der Waals surface area contributed by atoms with Crippen LogP contribution in [0, 0.1) is 0 Å². The van der Waals surface area contributed by atoms with Crippen molar-refractivity contribution in [2.75, 3.05) is 19.7 Å². The Morgan fingerprint density at radius 3 is 2.80 bits per heavy atom. The Bertz CT molecular complexity index is 476. The molecule has 1 aromatic rings. The van der Waals surface area contributed by atoms with Gasteiger partial charge in [0.25, 0.3) is 0 Å². The van der Waals surface area contributed by atoms with Crippen LogP contribution >= 0.6 is 0 Å². The minimum Gasteiger partial charge on any atom is -0.376 e. The van der Waals surface area contributed by atoms with Gasteiger partial charge in [0.15, 0.2) is 0 Å². The van der Waals surface area contributed by atoms with Gasteiger partial charge in [-0.25, -0.2) is 0 Å². The van der Waals surface area contributed by atoms with E-state index in [-0.39, 0.29) is 5.54 Å². The van der Waals surface area contributed by atoms with E-state index in [4.69, 9.17) is 10.5 Å². The maximum absolute atomic E-state index is 6.25. The highest BCUT2D eigenvalue weighted by Crippen LogP contribution is 2.35. The first kappa shape index (κ1) is 14.1. The SMILES string of the molecule is CC1CN(C2(CN)CCc3ccccc3C2)C(C)CO1. The maximum atomic E-state index is 6.25. The van der Waals surface area contributed by atoms with Gasteiger partial charge in [0, 0.05) is 24.7 Å². The van der Waals surface area contributed by atoms with Gasteiger partial charge in [0.1, 0.15) is 0 Å². The van der Waals surface area contributed by atoms with Crippen molar-refractivity contribution in [3.05, 3.63) is 35.4 Å². The molecule has 3 unspecified atom stereocenters. The summed E-state index contributed by atoms with van der Waals surface area (Å²) in [6.45, 7) is 6.99. The summed E-state index contributed by atoms with van der Waals surface area (Å²) in [4.78, 5) is 2.62. The molecule has 1 fully saturated rings. The zero-order chi connectivity index (χ0) is 14.2. The lowest BCUT2D eigenvalue weighted by Gasteiger charge is -2.52. The lowest BCUT2D eigenvalue weighted by molar-refractivity contribution is -0.0960. The molecule has 1 heterocycles. The van der Waals surface area contributed by atoms with Gasteiger partial charge < -0.3 is 10.5 Å². The molecule has 1 aliphatic carbocycles. The topological polar surface area (TPSA) is 38.5 Å². The molecule has 0 saturated carbocycles. The van der Waals surface area contributed by atoms with E-state index in [1.165, 1.54) is 11.1 Å². The van der Waals surface area contributed by atoms with E-state index in [1.54, 1.807) is 0 Å². The quantitative estimate of drug-likeness (QED) is 0.896. The van der Waals surface area contributed by atoms with Gasteiger partial charge in [0.2, 0.25) is 0 Å². The van der Waals surface area contributed by atoms with Crippen LogP contribution in [0.1, 0.15) is 31.4 Å². The average molecular weight is 274 g/mol. The lowest BCUT2D eigenvalue weighted by atomic mass is 9.76. The first-order valence-electron chi connectivity index (χ1n) is 7.80. The fourth-order valence-electron chi connectivity index (χ4n) is 3.89. The number of nitrogens with two attached hydrogens (primary N) is 1. The molecule has 3 rings (SSSR count). The number of ether oxygens (including phenoxy) is 1. The molecule has 3 nitrogen and oxygen atoms in total. The zero-order valence-corrected chi connectivity index (χ0v) is 12.6. The number of rotatable bonds is 2. The summed E-state index contributed by atoms with van der Waals surface area (Å²) >= 11 is 0.